The summed E-state index contributed by atoms with van der Waals surface area (Å²) in [6, 6.07) is 26.8. The second-order valence-electron chi connectivity index (χ2n) is 5.00. The summed E-state index contributed by atoms with van der Waals surface area (Å²) in [5, 5.41) is 0. The smallest absolute Gasteiger partial charge is 0.167 e. The van der Waals surface area contributed by atoms with Crippen molar-refractivity contribution in [2.24, 2.45) is 0 Å². The molecule has 3 aromatic rings. The van der Waals surface area contributed by atoms with Gasteiger partial charge in [0.25, 0.3) is 0 Å². The van der Waals surface area contributed by atoms with E-state index in [2.05, 4.69) is 71.6 Å². The van der Waals surface area contributed by atoms with Gasteiger partial charge in [0.1, 0.15) is 0 Å². The lowest BCUT2D eigenvalue weighted by atomic mass is 10.2. The summed E-state index contributed by atoms with van der Waals surface area (Å²) in [6.07, 6.45) is 10.5. The van der Waals surface area contributed by atoms with Gasteiger partial charge >= 0.3 is 0 Å². The van der Waals surface area contributed by atoms with E-state index in [4.69, 9.17) is 0 Å². The largest absolute Gasteiger partial charge is 0.210 e. The molecular weight excluding hydrogens is 266 g/mol. The predicted molar refractivity (Wildman–Crippen MR) is 93.7 cm³/mol. The Hall–Kier alpha value is -2.93. The van der Waals surface area contributed by atoms with Crippen molar-refractivity contribution in [3.8, 4) is 0 Å². The van der Waals surface area contributed by atoms with Gasteiger partial charge in [0.15, 0.2) is 12.4 Å². The Morgan fingerprint density at radius 3 is 1.82 bits per heavy atom. The fourth-order valence-corrected chi connectivity index (χ4v) is 2.22. The molecule has 1 aromatic heterocycles. The first kappa shape index (κ1) is 14.0. The third-order valence-corrected chi connectivity index (χ3v) is 3.40. The maximum absolute atomic E-state index is 2.13. The molecule has 0 amide bonds. The van der Waals surface area contributed by atoms with E-state index in [1.165, 1.54) is 11.1 Å². The van der Waals surface area contributed by atoms with Crippen LogP contribution in [0.25, 0.3) is 24.4 Å². The van der Waals surface area contributed by atoms with Gasteiger partial charge in [-0.05, 0) is 23.3 Å². The summed E-state index contributed by atoms with van der Waals surface area (Å²) < 4.78 is 2.12. The summed E-state index contributed by atoms with van der Waals surface area (Å²) in [5.41, 5.74) is 3.53. The molecule has 0 aliphatic carbocycles. The Labute approximate surface area is 131 Å². The van der Waals surface area contributed by atoms with Crippen LogP contribution in [0.15, 0.2) is 85.1 Å². The summed E-state index contributed by atoms with van der Waals surface area (Å²) in [6.45, 7) is 0. The maximum Gasteiger partial charge on any atom is 0.210 e. The molecule has 22 heavy (non-hydrogen) atoms. The van der Waals surface area contributed by atoms with Crippen molar-refractivity contribution in [2.45, 2.75) is 0 Å². The van der Waals surface area contributed by atoms with Gasteiger partial charge in [-0.2, -0.15) is 4.57 Å². The topological polar surface area (TPSA) is 3.88 Å². The molecule has 0 fully saturated rings. The molecule has 0 unspecified atom stereocenters. The first-order valence-electron chi connectivity index (χ1n) is 7.38. The van der Waals surface area contributed by atoms with E-state index in [1.807, 2.05) is 42.5 Å². The molecule has 0 saturated carbocycles. The van der Waals surface area contributed by atoms with E-state index in [0.29, 0.717) is 0 Å². The molecule has 106 valence electrons. The van der Waals surface area contributed by atoms with Crippen molar-refractivity contribution >= 4 is 24.4 Å². The molecule has 0 radical (unpaired) electrons. The van der Waals surface area contributed by atoms with Crippen LogP contribution in [0.3, 0.4) is 0 Å². The van der Waals surface area contributed by atoms with Gasteiger partial charge in [-0.15, -0.1) is 0 Å². The molecule has 0 N–H and O–H groups in total. The van der Waals surface area contributed by atoms with Gasteiger partial charge in [0, 0.05) is 24.3 Å². The molecule has 1 heteroatoms. The molecule has 0 bridgehead atoms. The van der Waals surface area contributed by atoms with Gasteiger partial charge in [-0.3, -0.25) is 0 Å². The summed E-state index contributed by atoms with van der Waals surface area (Å²) in [7, 11) is 0. The number of aromatic nitrogens is 1. The number of pyridine rings is 1. The second-order valence-corrected chi connectivity index (χ2v) is 5.00. The number of hydrogen-bond acceptors (Lipinski definition) is 0. The molecule has 2 aromatic carbocycles. The zero-order chi connectivity index (χ0) is 15.0. The third kappa shape index (κ3) is 3.80. The lowest BCUT2D eigenvalue weighted by Gasteiger charge is -1.95. The minimum Gasteiger partial charge on any atom is -0.167 e. The predicted octanol–water partition coefficient (Wildman–Crippen LogP) is 4.77. The minimum atomic E-state index is 1.14. The fraction of sp³-hybridized carbons (Fsp3) is 0. The molecule has 1 nitrogen and oxygen atoms in total. The highest BCUT2D eigenvalue weighted by Crippen LogP contribution is 2.06. The minimum absolute atomic E-state index is 1.14. The Kier molecular flexibility index (Phi) is 4.58. The Morgan fingerprint density at radius 2 is 1.14 bits per heavy atom. The first-order valence-corrected chi connectivity index (χ1v) is 7.38. The van der Waals surface area contributed by atoms with Crippen molar-refractivity contribution in [3.05, 3.63) is 102 Å². The average Bonchev–Trinajstić information content (AvgIpc) is 2.61. The number of hydrogen-bond donors (Lipinski definition) is 0. The van der Waals surface area contributed by atoms with Gasteiger partial charge in [-0.25, -0.2) is 0 Å². The SMILES string of the molecule is C(=Cc1cccc[n+]1C=Cc1ccccc1)c1ccccc1. The zero-order valence-corrected chi connectivity index (χ0v) is 12.3. The highest BCUT2D eigenvalue weighted by molar-refractivity contribution is 5.67. The monoisotopic (exact) mass is 284 g/mol. The van der Waals surface area contributed by atoms with Crippen LogP contribution in [0, 0.1) is 0 Å². The molecule has 0 aliphatic rings. The molecule has 3 rings (SSSR count). The van der Waals surface area contributed by atoms with Crippen molar-refractivity contribution < 1.29 is 4.57 Å². The van der Waals surface area contributed by atoms with Gasteiger partial charge < -0.3 is 0 Å². The van der Waals surface area contributed by atoms with E-state index in [9.17, 15) is 0 Å². The Morgan fingerprint density at radius 1 is 0.545 bits per heavy atom. The van der Waals surface area contributed by atoms with Crippen LogP contribution in [0.1, 0.15) is 16.8 Å². The van der Waals surface area contributed by atoms with Crippen molar-refractivity contribution in [3.63, 3.8) is 0 Å². The van der Waals surface area contributed by atoms with Crippen LogP contribution in [0.5, 0.6) is 0 Å². The lowest BCUT2D eigenvalue weighted by molar-refractivity contribution is -0.569. The highest BCUT2D eigenvalue weighted by Gasteiger charge is 2.02. The van der Waals surface area contributed by atoms with Crippen LogP contribution in [0.4, 0.5) is 0 Å². The van der Waals surface area contributed by atoms with Gasteiger partial charge in [-0.1, -0.05) is 60.7 Å². The van der Waals surface area contributed by atoms with Crippen LogP contribution in [-0.2, 0) is 0 Å². The normalized spacial score (nSPS) is 11.3. The van der Waals surface area contributed by atoms with E-state index >= 15 is 0 Å². The first-order chi connectivity index (χ1) is 10.9. The van der Waals surface area contributed by atoms with Crippen molar-refractivity contribution in [1.29, 1.82) is 0 Å². The Balaban J connectivity index is 1.84. The van der Waals surface area contributed by atoms with Crippen LogP contribution < -0.4 is 4.57 Å². The average molecular weight is 284 g/mol. The second kappa shape index (κ2) is 7.19. The molecular formula is C21H18N+. The van der Waals surface area contributed by atoms with Gasteiger partial charge in [0.05, 0.1) is 0 Å². The van der Waals surface area contributed by atoms with Gasteiger partial charge in [0.2, 0.25) is 5.69 Å². The molecule has 1 heterocycles. The molecule has 0 saturated heterocycles. The molecule has 0 atom stereocenters. The number of benzene rings is 2. The van der Waals surface area contributed by atoms with Crippen LogP contribution in [-0.4, -0.2) is 0 Å². The molecule has 0 aliphatic heterocycles. The van der Waals surface area contributed by atoms with Crippen molar-refractivity contribution in [2.75, 3.05) is 0 Å². The van der Waals surface area contributed by atoms with Crippen LogP contribution in [0.2, 0.25) is 0 Å². The van der Waals surface area contributed by atoms with E-state index in [1.54, 1.807) is 0 Å². The number of nitrogens with zero attached hydrogens (tertiary/aromatic N) is 1. The maximum atomic E-state index is 2.13. The quantitative estimate of drug-likeness (QED) is 0.607. The standard InChI is InChI=1S/C21H18N/c1-3-9-19(10-4-1)14-15-21-13-7-8-17-22(21)18-16-20-11-5-2-6-12-20/h1-18H/q+1. The van der Waals surface area contributed by atoms with Crippen LogP contribution >= 0.6 is 0 Å². The zero-order valence-electron chi connectivity index (χ0n) is 12.3. The number of rotatable bonds is 4. The van der Waals surface area contributed by atoms with E-state index in [-0.39, 0.29) is 0 Å². The summed E-state index contributed by atoms with van der Waals surface area (Å²) in [4.78, 5) is 0. The summed E-state index contributed by atoms with van der Waals surface area (Å²) in [5.74, 6) is 0. The third-order valence-electron chi connectivity index (χ3n) is 3.40. The van der Waals surface area contributed by atoms with E-state index < -0.39 is 0 Å². The lowest BCUT2D eigenvalue weighted by Crippen LogP contribution is -2.28. The van der Waals surface area contributed by atoms with E-state index in [0.717, 1.165) is 5.69 Å². The molecule has 0 spiro atoms. The fourth-order valence-electron chi connectivity index (χ4n) is 2.22. The van der Waals surface area contributed by atoms with Crippen molar-refractivity contribution in [1.82, 2.24) is 0 Å². The summed E-state index contributed by atoms with van der Waals surface area (Å²) >= 11 is 0. The Bertz CT molecular complexity index is 703. The highest BCUT2D eigenvalue weighted by atomic mass is 14.9.